The summed E-state index contributed by atoms with van der Waals surface area (Å²) in [4.78, 5) is 18.0. The lowest BCUT2D eigenvalue weighted by Gasteiger charge is -2.15. The zero-order valence-corrected chi connectivity index (χ0v) is 14.3. The molecule has 1 N–H and O–H groups in total. The molecule has 7 nitrogen and oxygen atoms in total. The van der Waals surface area contributed by atoms with Crippen LogP contribution in [0.1, 0.15) is 24.7 Å². The minimum atomic E-state index is 0.00443. The standard InChI is InChI=1S/C14H22N6OS/c1-5-6-15-12(21)8-18(4)9-19-14(22)20-11(3)7-10(2)16-13(20)17-19/h7H,5-6,8-9H2,1-4H3,(H,15,21). The van der Waals surface area contributed by atoms with Crippen molar-refractivity contribution in [3.8, 4) is 0 Å². The molecule has 2 heterocycles. The zero-order valence-electron chi connectivity index (χ0n) is 13.5. The average molecular weight is 322 g/mol. The molecule has 0 saturated carbocycles. The molecule has 0 aromatic carbocycles. The molecule has 2 aromatic rings. The maximum Gasteiger partial charge on any atom is 0.254 e. The van der Waals surface area contributed by atoms with E-state index in [1.807, 2.05) is 43.2 Å². The minimum absolute atomic E-state index is 0.00443. The van der Waals surface area contributed by atoms with Crippen LogP contribution in [0.3, 0.4) is 0 Å². The molecule has 0 fully saturated rings. The Morgan fingerprint density at radius 1 is 1.45 bits per heavy atom. The van der Waals surface area contributed by atoms with E-state index in [9.17, 15) is 4.79 Å². The topological polar surface area (TPSA) is 67.5 Å². The third-order valence-corrected chi connectivity index (χ3v) is 3.62. The van der Waals surface area contributed by atoms with E-state index < -0.39 is 0 Å². The number of aromatic nitrogens is 4. The van der Waals surface area contributed by atoms with Gasteiger partial charge in [0.15, 0.2) is 0 Å². The summed E-state index contributed by atoms with van der Waals surface area (Å²) in [7, 11) is 1.86. The summed E-state index contributed by atoms with van der Waals surface area (Å²) in [5.74, 6) is 0.594. The Morgan fingerprint density at radius 2 is 2.18 bits per heavy atom. The number of carbonyl (C=O) groups excluding carboxylic acids is 1. The van der Waals surface area contributed by atoms with Gasteiger partial charge in [-0.3, -0.25) is 14.1 Å². The quantitative estimate of drug-likeness (QED) is 0.812. The van der Waals surface area contributed by atoms with Crippen LogP contribution < -0.4 is 5.32 Å². The van der Waals surface area contributed by atoms with E-state index in [1.54, 1.807) is 4.68 Å². The number of fused-ring (bicyclic) bond motifs is 1. The zero-order chi connectivity index (χ0) is 16.3. The second-order valence-electron chi connectivity index (χ2n) is 5.46. The van der Waals surface area contributed by atoms with Gasteiger partial charge >= 0.3 is 0 Å². The smallest absolute Gasteiger partial charge is 0.254 e. The largest absolute Gasteiger partial charge is 0.355 e. The number of hydrogen-bond donors (Lipinski definition) is 1. The van der Waals surface area contributed by atoms with Crippen molar-refractivity contribution in [1.29, 1.82) is 0 Å². The minimum Gasteiger partial charge on any atom is -0.355 e. The Bertz CT molecular complexity index is 735. The molecule has 0 spiro atoms. The van der Waals surface area contributed by atoms with Crippen LogP contribution in [0, 0.1) is 18.6 Å². The van der Waals surface area contributed by atoms with Crippen molar-refractivity contribution in [3.05, 3.63) is 22.2 Å². The van der Waals surface area contributed by atoms with E-state index in [0.29, 0.717) is 30.3 Å². The van der Waals surface area contributed by atoms with Gasteiger partial charge in [0.05, 0.1) is 13.2 Å². The Balaban J connectivity index is 2.15. The lowest BCUT2D eigenvalue weighted by Crippen LogP contribution is -2.36. The van der Waals surface area contributed by atoms with E-state index >= 15 is 0 Å². The van der Waals surface area contributed by atoms with Crippen LogP contribution in [0.15, 0.2) is 6.07 Å². The fourth-order valence-electron chi connectivity index (χ4n) is 2.27. The summed E-state index contributed by atoms with van der Waals surface area (Å²) >= 11 is 5.46. The first-order valence-electron chi connectivity index (χ1n) is 7.31. The molecule has 22 heavy (non-hydrogen) atoms. The average Bonchev–Trinajstić information content (AvgIpc) is 2.72. The summed E-state index contributed by atoms with van der Waals surface area (Å²) in [5, 5.41) is 7.29. The van der Waals surface area contributed by atoms with Crippen molar-refractivity contribution in [3.63, 3.8) is 0 Å². The highest BCUT2D eigenvalue weighted by Gasteiger charge is 2.11. The molecule has 0 aliphatic heterocycles. The van der Waals surface area contributed by atoms with E-state index in [4.69, 9.17) is 12.2 Å². The second kappa shape index (κ2) is 6.97. The first kappa shape index (κ1) is 16.6. The fraction of sp³-hybridized carbons (Fsp3) is 0.571. The van der Waals surface area contributed by atoms with Crippen LogP contribution in [0.4, 0.5) is 0 Å². The van der Waals surface area contributed by atoms with E-state index in [-0.39, 0.29) is 5.91 Å². The summed E-state index contributed by atoms with van der Waals surface area (Å²) in [6, 6.07) is 1.97. The van der Waals surface area contributed by atoms with Crippen LogP contribution in [0.25, 0.3) is 5.78 Å². The molecule has 0 radical (unpaired) electrons. The third kappa shape index (κ3) is 3.69. The number of carbonyl (C=O) groups is 1. The number of amides is 1. The number of likely N-dealkylation sites (N-methyl/N-ethyl adjacent to an activating group) is 1. The molecule has 2 aromatic heterocycles. The SMILES string of the molecule is CCCNC(=O)CN(C)Cn1nc2nc(C)cc(C)n2c1=S. The van der Waals surface area contributed by atoms with Crippen molar-refractivity contribution in [2.45, 2.75) is 33.9 Å². The number of hydrogen-bond acceptors (Lipinski definition) is 5. The molecule has 0 aliphatic rings. The molecule has 1 amide bonds. The molecule has 0 atom stereocenters. The number of rotatable bonds is 6. The fourth-order valence-corrected chi connectivity index (χ4v) is 2.59. The van der Waals surface area contributed by atoms with Crippen molar-refractivity contribution < 1.29 is 4.79 Å². The summed E-state index contributed by atoms with van der Waals surface area (Å²) in [6.45, 7) is 7.38. The van der Waals surface area contributed by atoms with Crippen molar-refractivity contribution >= 4 is 23.9 Å². The Hall–Kier alpha value is -1.80. The lowest BCUT2D eigenvalue weighted by atomic mass is 10.3. The summed E-state index contributed by atoms with van der Waals surface area (Å²) < 4.78 is 4.12. The lowest BCUT2D eigenvalue weighted by molar-refractivity contribution is -0.122. The van der Waals surface area contributed by atoms with Gasteiger partial charge in [-0.1, -0.05) is 6.92 Å². The molecule has 0 saturated heterocycles. The van der Waals surface area contributed by atoms with Crippen LogP contribution in [-0.2, 0) is 11.5 Å². The highest BCUT2D eigenvalue weighted by atomic mass is 32.1. The van der Waals surface area contributed by atoms with Gasteiger partial charge in [-0.05, 0) is 45.6 Å². The monoisotopic (exact) mass is 322 g/mol. The molecule has 0 unspecified atom stereocenters. The normalized spacial score (nSPS) is 11.3. The molecule has 0 aliphatic carbocycles. The van der Waals surface area contributed by atoms with Gasteiger partial charge in [-0.15, -0.1) is 5.10 Å². The first-order chi connectivity index (χ1) is 10.4. The van der Waals surface area contributed by atoms with Gasteiger partial charge in [-0.25, -0.2) is 9.67 Å². The van der Waals surface area contributed by atoms with Gasteiger partial charge in [0.25, 0.3) is 5.78 Å². The maximum atomic E-state index is 11.7. The molecule has 0 bridgehead atoms. The first-order valence-corrected chi connectivity index (χ1v) is 7.72. The number of nitrogens with zero attached hydrogens (tertiary/aromatic N) is 5. The molecule has 120 valence electrons. The van der Waals surface area contributed by atoms with Crippen molar-refractivity contribution in [1.82, 2.24) is 29.4 Å². The van der Waals surface area contributed by atoms with E-state index in [1.165, 1.54) is 0 Å². The predicted molar refractivity (Wildman–Crippen MR) is 87.2 cm³/mol. The van der Waals surface area contributed by atoms with Crippen LogP contribution >= 0.6 is 12.2 Å². The van der Waals surface area contributed by atoms with Crippen LogP contribution in [0.2, 0.25) is 0 Å². The van der Waals surface area contributed by atoms with E-state index in [0.717, 1.165) is 17.8 Å². The Kier molecular flexibility index (Phi) is 5.25. The van der Waals surface area contributed by atoms with Gasteiger partial charge in [0.1, 0.15) is 0 Å². The molecule has 8 heteroatoms. The maximum absolute atomic E-state index is 11.7. The molecular weight excluding hydrogens is 300 g/mol. The van der Waals surface area contributed by atoms with Crippen LogP contribution in [-0.4, -0.2) is 50.1 Å². The van der Waals surface area contributed by atoms with Gasteiger partial charge in [-0.2, -0.15) is 0 Å². The van der Waals surface area contributed by atoms with Gasteiger partial charge < -0.3 is 5.32 Å². The predicted octanol–water partition coefficient (Wildman–Crippen LogP) is 1.29. The number of aryl methyl sites for hydroxylation is 2. The number of nitrogens with one attached hydrogen (secondary N) is 1. The van der Waals surface area contributed by atoms with Gasteiger partial charge in [0, 0.05) is 17.9 Å². The molecule has 2 rings (SSSR count). The van der Waals surface area contributed by atoms with E-state index in [2.05, 4.69) is 15.4 Å². The Labute approximate surface area is 135 Å². The second-order valence-corrected chi connectivity index (χ2v) is 5.83. The van der Waals surface area contributed by atoms with Crippen molar-refractivity contribution in [2.24, 2.45) is 0 Å². The van der Waals surface area contributed by atoms with Crippen molar-refractivity contribution in [2.75, 3.05) is 20.1 Å². The highest BCUT2D eigenvalue weighted by molar-refractivity contribution is 7.71. The Morgan fingerprint density at radius 3 is 2.86 bits per heavy atom. The third-order valence-electron chi connectivity index (χ3n) is 3.23. The van der Waals surface area contributed by atoms with Gasteiger partial charge in [0.2, 0.25) is 10.7 Å². The summed E-state index contributed by atoms with van der Waals surface area (Å²) in [6.07, 6.45) is 0.928. The summed E-state index contributed by atoms with van der Waals surface area (Å²) in [5.41, 5.74) is 1.91. The highest BCUT2D eigenvalue weighted by Crippen LogP contribution is 2.07. The molecular formula is C14H22N6OS. The van der Waals surface area contributed by atoms with Crippen LogP contribution in [0.5, 0.6) is 0 Å².